The van der Waals surface area contributed by atoms with Gasteiger partial charge in [-0.3, -0.25) is 19.2 Å². The Morgan fingerprint density at radius 2 is 1.27 bits per heavy atom. The zero-order valence-corrected chi connectivity index (χ0v) is 35.0. The molecule has 322 valence electrons. The molecule has 4 amide bonds. The van der Waals surface area contributed by atoms with Crippen molar-refractivity contribution >= 4 is 45.9 Å². The quantitative estimate of drug-likeness (QED) is 0.0838. The molecule has 0 aliphatic carbocycles. The summed E-state index contributed by atoms with van der Waals surface area (Å²) in [7, 11) is 3.44. The number of nitrogens with one attached hydrogen (secondary N) is 6. The molecule has 0 spiro atoms. The Bertz CT molecular complexity index is 2110. The number of H-pyrrole nitrogens is 2. The highest BCUT2D eigenvalue weighted by Gasteiger charge is 2.39. The summed E-state index contributed by atoms with van der Waals surface area (Å²) in [6.45, 7) is 9.74. The molecule has 14 nitrogen and oxygen atoms in total. The summed E-state index contributed by atoms with van der Waals surface area (Å²) in [5, 5.41) is 34.1. The van der Waals surface area contributed by atoms with Gasteiger partial charge in [0.2, 0.25) is 24.1 Å². The highest BCUT2D eigenvalue weighted by molar-refractivity contribution is 5.96. The van der Waals surface area contributed by atoms with Gasteiger partial charge in [-0.05, 0) is 121 Å². The Hall–Kier alpha value is -4.90. The largest absolute Gasteiger partial charge is 0.391 e. The monoisotopic (exact) mass is 822 g/mol. The van der Waals surface area contributed by atoms with E-state index < -0.39 is 42.0 Å². The molecular weight excluding hydrogens is 763 g/mol. The van der Waals surface area contributed by atoms with Crippen LogP contribution < -0.4 is 21.3 Å². The topological polar surface area (TPSA) is 195 Å². The van der Waals surface area contributed by atoms with E-state index in [2.05, 4.69) is 38.2 Å². The van der Waals surface area contributed by atoms with Crippen molar-refractivity contribution in [1.29, 1.82) is 0 Å². The molecule has 0 radical (unpaired) electrons. The van der Waals surface area contributed by atoms with Crippen molar-refractivity contribution in [2.24, 2.45) is 0 Å². The first-order valence-corrected chi connectivity index (χ1v) is 20.6. The van der Waals surface area contributed by atoms with E-state index in [0.717, 1.165) is 34.7 Å². The summed E-state index contributed by atoms with van der Waals surface area (Å²) in [6.07, 6.45) is 1.99. The Kier molecular flexibility index (Phi) is 15.2. The fourth-order valence-electron chi connectivity index (χ4n) is 7.95. The van der Waals surface area contributed by atoms with Crippen LogP contribution in [0.15, 0.2) is 36.4 Å². The third kappa shape index (κ3) is 10.5. The first-order chi connectivity index (χ1) is 28.1. The van der Waals surface area contributed by atoms with E-state index in [1.807, 2.05) is 20.8 Å². The molecule has 2 aromatic carbocycles. The van der Waals surface area contributed by atoms with Gasteiger partial charge in [-0.1, -0.05) is 13.8 Å². The number of benzene rings is 2. The first kappa shape index (κ1) is 45.2. The molecule has 0 bridgehead atoms. The van der Waals surface area contributed by atoms with E-state index in [1.54, 1.807) is 43.0 Å². The molecule has 4 aromatic rings. The van der Waals surface area contributed by atoms with Crippen molar-refractivity contribution in [3.8, 4) is 11.4 Å². The number of aromatic nitrogens is 2. The van der Waals surface area contributed by atoms with Gasteiger partial charge in [0.05, 0.1) is 35.7 Å². The number of carbonyl (C=O) groups is 4. The van der Waals surface area contributed by atoms with Crippen LogP contribution >= 0.6 is 0 Å². The maximum atomic E-state index is 14.5. The number of amides is 4. The van der Waals surface area contributed by atoms with E-state index in [9.17, 15) is 38.2 Å². The number of carbonyl (C=O) groups excluding carboxylic acids is 4. The maximum absolute atomic E-state index is 14.5. The minimum absolute atomic E-state index is 0.0712. The third-order valence-corrected chi connectivity index (χ3v) is 11.8. The summed E-state index contributed by atoms with van der Waals surface area (Å²) in [4.78, 5) is 59.5. The summed E-state index contributed by atoms with van der Waals surface area (Å²) < 4.78 is 29.0. The number of aliphatic hydroxyl groups is 2. The van der Waals surface area contributed by atoms with Crippen molar-refractivity contribution in [3.05, 3.63) is 59.2 Å². The highest BCUT2D eigenvalue weighted by atomic mass is 19.1. The molecule has 0 saturated carbocycles. The van der Waals surface area contributed by atoms with Crippen molar-refractivity contribution in [3.63, 3.8) is 0 Å². The van der Waals surface area contributed by atoms with E-state index in [-0.39, 0.29) is 48.9 Å². The van der Waals surface area contributed by atoms with Gasteiger partial charge in [-0.25, -0.2) is 8.78 Å². The predicted octanol–water partition coefficient (Wildman–Crippen LogP) is 3.24. The molecule has 6 rings (SSSR count). The summed E-state index contributed by atoms with van der Waals surface area (Å²) in [6, 6.07) is 7.05. The van der Waals surface area contributed by atoms with Crippen LogP contribution in [0, 0.1) is 11.6 Å². The SMILES string of the molecule is CCC(C)NC(=O)C(C)NC.CCC(NC(=O)C(C)NC)C(=O)N1CC(O)CC1Cc1c(-c2[nH]c3cc(F)ccc3c2CC2CC(O)CN2C=O)[nH]c2cc(F)ccc12. The van der Waals surface area contributed by atoms with Crippen LogP contribution in [0.5, 0.6) is 0 Å². The lowest BCUT2D eigenvalue weighted by Crippen LogP contribution is -2.53. The molecule has 2 saturated heterocycles. The molecule has 4 heterocycles. The van der Waals surface area contributed by atoms with Crippen LogP contribution in [0.1, 0.15) is 71.4 Å². The van der Waals surface area contributed by atoms with Crippen LogP contribution in [0.25, 0.3) is 33.2 Å². The minimum atomic E-state index is -0.782. The third-order valence-electron chi connectivity index (χ3n) is 11.8. The molecular formula is C43H60F2N8O6. The van der Waals surface area contributed by atoms with E-state index in [1.165, 1.54) is 24.3 Å². The van der Waals surface area contributed by atoms with Gasteiger partial charge in [0.25, 0.3) is 0 Å². The Labute approximate surface area is 343 Å². The zero-order valence-electron chi connectivity index (χ0n) is 35.0. The van der Waals surface area contributed by atoms with Crippen LogP contribution in [0.4, 0.5) is 8.78 Å². The summed E-state index contributed by atoms with van der Waals surface area (Å²) >= 11 is 0. The number of aromatic amines is 2. The van der Waals surface area contributed by atoms with Gasteiger partial charge in [0.1, 0.15) is 17.7 Å². The number of hydrogen-bond donors (Lipinski definition) is 8. The van der Waals surface area contributed by atoms with Crippen molar-refractivity contribution in [2.75, 3.05) is 27.2 Å². The Morgan fingerprint density at radius 1 is 0.780 bits per heavy atom. The zero-order chi connectivity index (χ0) is 43.1. The van der Waals surface area contributed by atoms with Gasteiger partial charge in [0, 0.05) is 53.0 Å². The second-order valence-corrected chi connectivity index (χ2v) is 15.9. The number of β-amino-alcohol motifs (C(OH)–C–C–N with tert-alkyl or cyclic N) is 2. The van der Waals surface area contributed by atoms with E-state index in [0.29, 0.717) is 54.5 Å². The van der Waals surface area contributed by atoms with E-state index in [4.69, 9.17) is 0 Å². The van der Waals surface area contributed by atoms with E-state index >= 15 is 0 Å². The fourth-order valence-corrected chi connectivity index (χ4v) is 7.95. The normalized spacial score (nSPS) is 21.2. The average Bonchev–Trinajstić information content (AvgIpc) is 3.97. The molecule has 16 heteroatoms. The maximum Gasteiger partial charge on any atom is 0.245 e. The number of fused-ring (bicyclic) bond motifs is 2. The number of nitrogens with zero attached hydrogens (tertiary/aromatic N) is 2. The Morgan fingerprint density at radius 3 is 1.76 bits per heavy atom. The Balaban J connectivity index is 0.000000528. The van der Waals surface area contributed by atoms with Crippen LogP contribution in [0.2, 0.25) is 0 Å². The van der Waals surface area contributed by atoms with Gasteiger partial charge in [0.15, 0.2) is 0 Å². The van der Waals surface area contributed by atoms with Crippen LogP contribution in [-0.4, -0.2) is 130 Å². The van der Waals surface area contributed by atoms with Crippen molar-refractivity contribution < 1.29 is 38.2 Å². The molecule has 8 unspecified atom stereocenters. The van der Waals surface area contributed by atoms with Crippen LogP contribution in [-0.2, 0) is 32.0 Å². The van der Waals surface area contributed by atoms with Gasteiger partial charge < -0.3 is 51.2 Å². The number of hydrogen-bond acceptors (Lipinski definition) is 8. The fraction of sp³-hybridized carbons (Fsp3) is 0.535. The van der Waals surface area contributed by atoms with Crippen molar-refractivity contribution in [2.45, 2.75) is 122 Å². The number of likely N-dealkylation sites (N-methyl/N-ethyl adjacent to an activating group) is 2. The molecule has 8 N–H and O–H groups in total. The average molecular weight is 823 g/mol. The lowest BCUT2D eigenvalue weighted by Gasteiger charge is -2.29. The minimum Gasteiger partial charge on any atom is -0.391 e. The molecule has 8 atom stereocenters. The molecule has 2 aliphatic rings. The number of rotatable bonds is 15. The number of aliphatic hydroxyl groups excluding tert-OH is 2. The smallest absolute Gasteiger partial charge is 0.245 e. The summed E-state index contributed by atoms with van der Waals surface area (Å²) in [5.41, 5.74) is 3.89. The number of halogens is 2. The molecule has 59 heavy (non-hydrogen) atoms. The summed E-state index contributed by atoms with van der Waals surface area (Å²) in [5.74, 6) is -1.39. The first-order valence-electron chi connectivity index (χ1n) is 20.6. The predicted molar refractivity (Wildman–Crippen MR) is 223 cm³/mol. The molecule has 2 fully saturated rings. The van der Waals surface area contributed by atoms with Gasteiger partial charge in [-0.2, -0.15) is 0 Å². The van der Waals surface area contributed by atoms with Gasteiger partial charge >= 0.3 is 0 Å². The molecule has 2 aromatic heterocycles. The van der Waals surface area contributed by atoms with Crippen LogP contribution in [0.3, 0.4) is 0 Å². The lowest BCUT2D eigenvalue weighted by atomic mass is 9.95. The lowest BCUT2D eigenvalue weighted by molar-refractivity contribution is -0.137. The second kappa shape index (κ2) is 19.9. The standard InChI is InChI=1S/C35H42F2N6O5.C8H18N2O/c1-4-29(41-34(47)18(2)38-3)35(48)43-16-24(46)12-22(43)14-28-26-8-6-20(37)10-31(26)40-33(28)32-27(13-21-11-23(45)15-42(21)17-44)25-7-5-19(36)9-30(25)39-32;1-5-6(2)10-8(11)7(3)9-4/h5-10,17-18,21-24,29,38-40,45-46H,4,11-16H2,1-3H3,(H,41,47);6-7,9H,5H2,1-4H3,(H,10,11). The van der Waals surface area contributed by atoms with Crippen molar-refractivity contribution in [1.82, 2.24) is 41.0 Å². The van der Waals surface area contributed by atoms with Gasteiger partial charge in [-0.15, -0.1) is 0 Å². The highest BCUT2D eigenvalue weighted by Crippen LogP contribution is 2.39. The second-order valence-electron chi connectivity index (χ2n) is 15.9. The molecule has 2 aliphatic heterocycles. The number of likely N-dealkylation sites (tertiary alicyclic amines) is 2.